The molecule has 0 amide bonds. The quantitative estimate of drug-likeness (QED) is 0.920. The molecule has 104 valence electrons. The third-order valence-electron chi connectivity index (χ3n) is 3.28. The highest BCUT2D eigenvalue weighted by atomic mass is 16.5. The fourth-order valence-electron chi connectivity index (χ4n) is 2.25. The van der Waals surface area contributed by atoms with Crippen LogP contribution in [0, 0.1) is 13.8 Å². The van der Waals surface area contributed by atoms with Crippen LogP contribution in [0.5, 0.6) is 0 Å². The lowest BCUT2D eigenvalue weighted by molar-refractivity contribution is 0.173. The van der Waals surface area contributed by atoms with E-state index < -0.39 is 0 Å². The van der Waals surface area contributed by atoms with Gasteiger partial charge in [-0.3, -0.25) is 0 Å². The van der Waals surface area contributed by atoms with Crippen molar-refractivity contribution in [3.63, 3.8) is 0 Å². The van der Waals surface area contributed by atoms with Crippen LogP contribution in [0.15, 0.2) is 12.1 Å². The first-order valence-corrected chi connectivity index (χ1v) is 6.56. The number of benzene rings is 1. The van der Waals surface area contributed by atoms with E-state index in [1.54, 1.807) is 7.11 Å². The Morgan fingerprint density at radius 1 is 1.26 bits per heavy atom. The maximum atomic E-state index is 6.16. The summed E-state index contributed by atoms with van der Waals surface area (Å²) in [6, 6.07) is 4.31. The van der Waals surface area contributed by atoms with Gasteiger partial charge in [0.1, 0.15) is 12.4 Å². The van der Waals surface area contributed by atoms with Gasteiger partial charge < -0.3 is 15.0 Å². The molecule has 0 spiro atoms. The van der Waals surface area contributed by atoms with Crippen molar-refractivity contribution in [3.05, 3.63) is 29.1 Å². The third kappa shape index (κ3) is 2.96. The molecule has 2 aromatic rings. The predicted molar refractivity (Wildman–Crippen MR) is 78.2 cm³/mol. The summed E-state index contributed by atoms with van der Waals surface area (Å²) >= 11 is 0. The lowest BCUT2D eigenvalue weighted by Gasteiger charge is -2.21. The molecule has 2 rings (SSSR count). The van der Waals surface area contributed by atoms with Crippen LogP contribution in [0.2, 0.25) is 0 Å². The normalized spacial score (nSPS) is 12.3. The van der Waals surface area contributed by atoms with E-state index in [4.69, 9.17) is 10.5 Å². The maximum absolute atomic E-state index is 6.16. The summed E-state index contributed by atoms with van der Waals surface area (Å²) in [6.45, 7) is 9.51. The lowest BCUT2D eigenvalue weighted by Crippen LogP contribution is -2.37. The van der Waals surface area contributed by atoms with E-state index in [-0.39, 0.29) is 5.54 Å². The second kappa shape index (κ2) is 4.94. The van der Waals surface area contributed by atoms with E-state index in [0.717, 1.165) is 23.4 Å². The summed E-state index contributed by atoms with van der Waals surface area (Å²) in [5.74, 6) is 0.932. The van der Waals surface area contributed by atoms with Crippen molar-refractivity contribution in [2.24, 2.45) is 5.73 Å². The number of hydrogen-bond donors (Lipinski definition) is 1. The van der Waals surface area contributed by atoms with E-state index >= 15 is 0 Å². The first kappa shape index (κ1) is 14.0. The molecule has 0 fully saturated rings. The summed E-state index contributed by atoms with van der Waals surface area (Å²) in [6.07, 6.45) is 0. The van der Waals surface area contributed by atoms with Crippen LogP contribution in [0.4, 0.5) is 0 Å². The lowest BCUT2D eigenvalue weighted by atomic mass is 10.1. The molecule has 0 aliphatic carbocycles. The van der Waals surface area contributed by atoms with Crippen LogP contribution < -0.4 is 5.73 Å². The van der Waals surface area contributed by atoms with Crippen molar-refractivity contribution < 1.29 is 4.74 Å². The molecule has 2 N–H and O–H groups in total. The highest BCUT2D eigenvalue weighted by Gasteiger charge is 2.18. The smallest absolute Gasteiger partial charge is 0.136 e. The molecule has 4 nitrogen and oxygen atoms in total. The number of aryl methyl sites for hydroxylation is 2. The highest BCUT2D eigenvalue weighted by Crippen LogP contribution is 2.22. The standard InChI is InChI=1S/C15H23N3O/c1-10-6-12-13(7-11(10)2)18(9-15(3,4)16)14(17-12)8-19-5/h6-7H,8-9,16H2,1-5H3. The molecular formula is C15H23N3O. The van der Waals surface area contributed by atoms with Gasteiger partial charge in [0.25, 0.3) is 0 Å². The molecule has 0 bridgehead atoms. The molecule has 0 aliphatic heterocycles. The fraction of sp³-hybridized carbons (Fsp3) is 0.533. The van der Waals surface area contributed by atoms with Crippen LogP contribution in [0.25, 0.3) is 11.0 Å². The molecule has 4 heteroatoms. The van der Waals surface area contributed by atoms with Crippen molar-refractivity contribution in [3.8, 4) is 0 Å². The minimum atomic E-state index is -0.283. The topological polar surface area (TPSA) is 53.1 Å². The van der Waals surface area contributed by atoms with Gasteiger partial charge in [0.05, 0.1) is 11.0 Å². The zero-order valence-electron chi connectivity index (χ0n) is 12.4. The Bertz CT molecular complexity index is 593. The van der Waals surface area contributed by atoms with Gasteiger partial charge in [-0.1, -0.05) is 0 Å². The van der Waals surface area contributed by atoms with Gasteiger partial charge in [0.15, 0.2) is 0 Å². The van der Waals surface area contributed by atoms with E-state index in [1.807, 2.05) is 13.8 Å². The second-order valence-corrected chi connectivity index (χ2v) is 5.96. The molecule has 0 radical (unpaired) electrons. The highest BCUT2D eigenvalue weighted by molar-refractivity contribution is 5.78. The minimum absolute atomic E-state index is 0.283. The molecule has 0 saturated heterocycles. The molecule has 0 aliphatic rings. The van der Waals surface area contributed by atoms with E-state index in [2.05, 4.69) is 35.5 Å². The number of fused-ring (bicyclic) bond motifs is 1. The molecule has 0 saturated carbocycles. The summed E-state index contributed by atoms with van der Waals surface area (Å²) < 4.78 is 7.42. The molecule has 0 atom stereocenters. The van der Waals surface area contributed by atoms with Gasteiger partial charge in [-0.25, -0.2) is 4.98 Å². The van der Waals surface area contributed by atoms with E-state index in [1.165, 1.54) is 11.1 Å². The molecule has 1 aromatic heterocycles. The molecule has 1 heterocycles. The zero-order chi connectivity index (χ0) is 14.2. The molecular weight excluding hydrogens is 238 g/mol. The Balaban J connectivity index is 2.62. The first-order chi connectivity index (χ1) is 8.81. The van der Waals surface area contributed by atoms with Crippen LogP contribution in [-0.2, 0) is 17.9 Å². The molecule has 1 aromatic carbocycles. The Labute approximate surface area is 114 Å². The van der Waals surface area contributed by atoms with Crippen LogP contribution in [0.3, 0.4) is 0 Å². The van der Waals surface area contributed by atoms with Gasteiger partial charge in [0.2, 0.25) is 0 Å². The average molecular weight is 261 g/mol. The van der Waals surface area contributed by atoms with Gasteiger partial charge >= 0.3 is 0 Å². The molecule has 19 heavy (non-hydrogen) atoms. The van der Waals surface area contributed by atoms with Gasteiger partial charge in [-0.15, -0.1) is 0 Å². The van der Waals surface area contributed by atoms with Gasteiger partial charge in [-0.2, -0.15) is 0 Å². The Morgan fingerprint density at radius 3 is 2.47 bits per heavy atom. The number of nitrogens with two attached hydrogens (primary N) is 1. The number of imidazole rings is 1. The van der Waals surface area contributed by atoms with Crippen LogP contribution in [0.1, 0.15) is 30.8 Å². The Kier molecular flexibility index (Phi) is 3.65. The Morgan fingerprint density at radius 2 is 1.89 bits per heavy atom. The number of rotatable bonds is 4. The van der Waals surface area contributed by atoms with Crippen molar-refractivity contribution in [2.45, 2.75) is 46.4 Å². The van der Waals surface area contributed by atoms with Gasteiger partial charge in [-0.05, 0) is 51.0 Å². The fourth-order valence-corrected chi connectivity index (χ4v) is 2.25. The monoisotopic (exact) mass is 261 g/mol. The van der Waals surface area contributed by atoms with Crippen molar-refractivity contribution >= 4 is 11.0 Å². The van der Waals surface area contributed by atoms with E-state index in [9.17, 15) is 0 Å². The van der Waals surface area contributed by atoms with Crippen molar-refractivity contribution in [1.82, 2.24) is 9.55 Å². The first-order valence-electron chi connectivity index (χ1n) is 6.56. The van der Waals surface area contributed by atoms with Gasteiger partial charge in [0, 0.05) is 19.2 Å². The maximum Gasteiger partial charge on any atom is 0.136 e. The number of ether oxygens (including phenoxy) is 1. The second-order valence-electron chi connectivity index (χ2n) is 5.96. The Hall–Kier alpha value is -1.39. The predicted octanol–water partition coefficient (Wildman–Crippen LogP) is 2.54. The number of methoxy groups -OCH3 is 1. The zero-order valence-corrected chi connectivity index (χ0v) is 12.4. The number of aromatic nitrogens is 2. The average Bonchev–Trinajstić information content (AvgIpc) is 2.57. The summed E-state index contributed by atoms with van der Waals surface area (Å²) in [5, 5.41) is 0. The van der Waals surface area contributed by atoms with Crippen LogP contribution in [-0.4, -0.2) is 22.2 Å². The minimum Gasteiger partial charge on any atom is -0.377 e. The summed E-state index contributed by atoms with van der Waals surface area (Å²) in [5.41, 5.74) is 10.6. The SMILES string of the molecule is COCc1nc2cc(C)c(C)cc2n1CC(C)(C)N. The third-order valence-corrected chi connectivity index (χ3v) is 3.28. The van der Waals surface area contributed by atoms with Crippen molar-refractivity contribution in [2.75, 3.05) is 7.11 Å². The largest absolute Gasteiger partial charge is 0.377 e. The molecule has 0 unspecified atom stereocenters. The van der Waals surface area contributed by atoms with Crippen molar-refractivity contribution in [1.29, 1.82) is 0 Å². The number of hydrogen-bond acceptors (Lipinski definition) is 3. The number of nitrogens with zero attached hydrogens (tertiary/aromatic N) is 2. The summed E-state index contributed by atoms with van der Waals surface area (Å²) in [7, 11) is 1.69. The van der Waals surface area contributed by atoms with Crippen LogP contribution >= 0.6 is 0 Å². The van der Waals surface area contributed by atoms with E-state index in [0.29, 0.717) is 6.61 Å². The summed E-state index contributed by atoms with van der Waals surface area (Å²) in [4.78, 5) is 4.67.